The number of carbonyl (C=O) groups is 1. The molecule has 7 heteroatoms. The molecule has 2 aromatic carbocycles. The summed E-state index contributed by atoms with van der Waals surface area (Å²) in [6.07, 6.45) is 0. The largest absolute Gasteiger partial charge is 0.325 e. The molecule has 0 saturated carbocycles. The minimum Gasteiger partial charge on any atom is -0.325 e. The highest BCUT2D eigenvalue weighted by atomic mass is 32.2. The molecule has 2 aromatic rings. The normalized spacial score (nSPS) is 16.3. The van der Waals surface area contributed by atoms with Crippen LogP contribution in [-0.4, -0.2) is 51.4 Å². The fourth-order valence-corrected chi connectivity index (χ4v) is 4.56. The highest BCUT2D eigenvalue weighted by Crippen LogP contribution is 2.15. The van der Waals surface area contributed by atoms with E-state index >= 15 is 0 Å². The number of hydrogen-bond acceptors (Lipinski definition) is 3. The van der Waals surface area contributed by atoms with Crippen LogP contribution in [0.25, 0.3) is 0 Å². The number of hydrogen-bond donors (Lipinski definition) is 2. The monoisotopic (exact) mass is 374 g/mol. The number of rotatable bonds is 5. The van der Waals surface area contributed by atoms with Crippen LogP contribution < -0.4 is 10.2 Å². The second-order valence-corrected chi connectivity index (χ2v) is 8.44. The number of para-hydroxylation sites is 1. The Hall–Kier alpha value is -2.22. The summed E-state index contributed by atoms with van der Waals surface area (Å²) in [7, 11) is -3.45. The van der Waals surface area contributed by atoms with Crippen LogP contribution in [0, 0.1) is 6.92 Å². The predicted octanol–water partition coefficient (Wildman–Crippen LogP) is 0.523. The van der Waals surface area contributed by atoms with E-state index < -0.39 is 10.0 Å². The summed E-state index contributed by atoms with van der Waals surface area (Å²) in [5.41, 5.74) is 1.84. The Morgan fingerprint density at radius 3 is 2.31 bits per heavy atom. The minimum absolute atomic E-state index is 0.0475. The highest BCUT2D eigenvalue weighted by molar-refractivity contribution is 7.89. The van der Waals surface area contributed by atoms with Crippen LogP contribution in [0.3, 0.4) is 0 Å². The number of nitrogens with one attached hydrogen (secondary N) is 2. The van der Waals surface area contributed by atoms with Gasteiger partial charge in [0.15, 0.2) is 6.54 Å². The summed E-state index contributed by atoms with van der Waals surface area (Å²) < 4.78 is 26.8. The lowest BCUT2D eigenvalue weighted by Crippen LogP contribution is -3.15. The molecule has 1 aliphatic rings. The van der Waals surface area contributed by atoms with Crippen molar-refractivity contribution in [1.29, 1.82) is 0 Å². The van der Waals surface area contributed by atoms with Crippen molar-refractivity contribution in [2.24, 2.45) is 0 Å². The number of amides is 1. The summed E-state index contributed by atoms with van der Waals surface area (Å²) in [6, 6.07) is 16.1. The van der Waals surface area contributed by atoms with Gasteiger partial charge in [0.1, 0.15) is 0 Å². The van der Waals surface area contributed by atoms with Gasteiger partial charge in [-0.1, -0.05) is 36.4 Å². The maximum absolute atomic E-state index is 12.6. The summed E-state index contributed by atoms with van der Waals surface area (Å²) in [5.74, 6) is -0.0475. The van der Waals surface area contributed by atoms with E-state index in [0.29, 0.717) is 37.6 Å². The lowest BCUT2D eigenvalue weighted by Gasteiger charge is -2.31. The number of anilines is 1. The average Bonchev–Trinajstić information content (AvgIpc) is 2.65. The molecule has 0 bridgehead atoms. The van der Waals surface area contributed by atoms with Gasteiger partial charge in [-0.3, -0.25) is 4.79 Å². The van der Waals surface area contributed by atoms with Gasteiger partial charge >= 0.3 is 0 Å². The first-order valence-electron chi connectivity index (χ1n) is 8.71. The molecule has 1 fully saturated rings. The standard InChI is InChI=1S/C19H23N3O3S/c1-16-7-5-6-10-18(16)20-19(23)15-21-11-13-22(14-12-21)26(24,25)17-8-3-2-4-9-17/h2-10H,11-15H2,1H3,(H,20,23)/p+1. The van der Waals surface area contributed by atoms with Gasteiger partial charge in [-0.2, -0.15) is 4.31 Å². The van der Waals surface area contributed by atoms with Crippen molar-refractivity contribution in [2.75, 3.05) is 38.0 Å². The number of quaternary nitrogens is 1. The summed E-state index contributed by atoms with van der Waals surface area (Å²) in [5, 5.41) is 2.93. The van der Waals surface area contributed by atoms with Crippen LogP contribution in [0.1, 0.15) is 5.56 Å². The molecule has 138 valence electrons. The molecule has 1 saturated heterocycles. The zero-order chi connectivity index (χ0) is 18.6. The second-order valence-electron chi connectivity index (χ2n) is 6.51. The topological polar surface area (TPSA) is 70.9 Å². The quantitative estimate of drug-likeness (QED) is 0.802. The molecule has 1 heterocycles. The van der Waals surface area contributed by atoms with Crippen molar-refractivity contribution < 1.29 is 18.1 Å². The third kappa shape index (κ3) is 4.30. The van der Waals surface area contributed by atoms with Gasteiger partial charge in [0.2, 0.25) is 10.0 Å². The number of piperazine rings is 1. The molecule has 1 aliphatic heterocycles. The van der Waals surface area contributed by atoms with Gasteiger partial charge in [0, 0.05) is 5.69 Å². The molecule has 6 nitrogen and oxygen atoms in total. The number of benzene rings is 2. The van der Waals surface area contributed by atoms with Crippen LogP contribution in [0.4, 0.5) is 5.69 Å². The van der Waals surface area contributed by atoms with Gasteiger partial charge in [0.25, 0.3) is 5.91 Å². The summed E-state index contributed by atoms with van der Waals surface area (Å²) in [6.45, 7) is 4.37. The zero-order valence-corrected chi connectivity index (χ0v) is 15.6. The summed E-state index contributed by atoms with van der Waals surface area (Å²) in [4.78, 5) is 13.7. The van der Waals surface area contributed by atoms with Gasteiger partial charge in [-0.25, -0.2) is 8.42 Å². The molecule has 0 unspecified atom stereocenters. The van der Waals surface area contributed by atoms with E-state index in [0.717, 1.165) is 16.2 Å². The van der Waals surface area contributed by atoms with Crippen molar-refractivity contribution >= 4 is 21.6 Å². The molecule has 0 aromatic heterocycles. The van der Waals surface area contributed by atoms with E-state index in [1.807, 2.05) is 31.2 Å². The SMILES string of the molecule is Cc1ccccc1NC(=O)C[NH+]1CCN(S(=O)(=O)c2ccccc2)CC1. The number of nitrogens with zero attached hydrogens (tertiary/aromatic N) is 1. The number of sulfonamides is 1. The Balaban J connectivity index is 1.54. The Labute approximate surface area is 154 Å². The maximum atomic E-state index is 12.6. The van der Waals surface area contributed by atoms with Crippen molar-refractivity contribution in [3.8, 4) is 0 Å². The third-order valence-corrected chi connectivity index (χ3v) is 6.55. The van der Waals surface area contributed by atoms with Crippen LogP contribution in [0.15, 0.2) is 59.5 Å². The van der Waals surface area contributed by atoms with E-state index in [4.69, 9.17) is 0 Å². The molecule has 0 atom stereocenters. The molecule has 2 N–H and O–H groups in total. The molecular formula is C19H24N3O3S+. The summed E-state index contributed by atoms with van der Waals surface area (Å²) >= 11 is 0. The maximum Gasteiger partial charge on any atom is 0.279 e. The van der Waals surface area contributed by atoms with E-state index in [1.165, 1.54) is 4.31 Å². The van der Waals surface area contributed by atoms with Crippen LogP contribution in [0.5, 0.6) is 0 Å². The average molecular weight is 374 g/mol. The molecule has 3 rings (SSSR count). The molecule has 0 spiro atoms. The smallest absolute Gasteiger partial charge is 0.279 e. The van der Waals surface area contributed by atoms with Crippen LogP contribution >= 0.6 is 0 Å². The van der Waals surface area contributed by atoms with E-state index in [-0.39, 0.29) is 5.91 Å². The van der Waals surface area contributed by atoms with E-state index in [1.54, 1.807) is 30.3 Å². The van der Waals surface area contributed by atoms with E-state index in [9.17, 15) is 13.2 Å². The second kappa shape index (κ2) is 7.99. The fourth-order valence-electron chi connectivity index (χ4n) is 3.10. The Bertz CT molecular complexity index is 861. The number of aryl methyl sites for hydroxylation is 1. The van der Waals surface area contributed by atoms with Crippen molar-refractivity contribution in [1.82, 2.24) is 4.31 Å². The van der Waals surface area contributed by atoms with Crippen LogP contribution in [-0.2, 0) is 14.8 Å². The molecule has 1 amide bonds. The predicted molar refractivity (Wildman–Crippen MR) is 101 cm³/mol. The number of carbonyl (C=O) groups excluding carboxylic acids is 1. The van der Waals surface area contributed by atoms with Gasteiger partial charge in [-0.15, -0.1) is 0 Å². The minimum atomic E-state index is -3.45. The highest BCUT2D eigenvalue weighted by Gasteiger charge is 2.30. The van der Waals surface area contributed by atoms with Crippen molar-refractivity contribution in [3.05, 3.63) is 60.2 Å². The van der Waals surface area contributed by atoms with Crippen molar-refractivity contribution in [3.63, 3.8) is 0 Å². The first-order chi connectivity index (χ1) is 12.5. The Kier molecular flexibility index (Phi) is 5.70. The Morgan fingerprint density at radius 2 is 1.65 bits per heavy atom. The first kappa shape index (κ1) is 18.6. The van der Waals surface area contributed by atoms with Crippen LogP contribution in [0.2, 0.25) is 0 Å². The van der Waals surface area contributed by atoms with Gasteiger partial charge < -0.3 is 10.2 Å². The van der Waals surface area contributed by atoms with E-state index in [2.05, 4.69) is 5.32 Å². The first-order valence-corrected chi connectivity index (χ1v) is 10.1. The molecule has 26 heavy (non-hydrogen) atoms. The van der Waals surface area contributed by atoms with Crippen molar-refractivity contribution in [2.45, 2.75) is 11.8 Å². The molecule has 0 radical (unpaired) electrons. The zero-order valence-electron chi connectivity index (χ0n) is 14.8. The Morgan fingerprint density at radius 1 is 1.04 bits per heavy atom. The lowest BCUT2D eigenvalue weighted by atomic mass is 10.2. The third-order valence-electron chi connectivity index (χ3n) is 4.64. The van der Waals surface area contributed by atoms with Gasteiger partial charge in [0.05, 0.1) is 31.1 Å². The van der Waals surface area contributed by atoms with Gasteiger partial charge in [-0.05, 0) is 30.7 Å². The molecular weight excluding hydrogens is 350 g/mol. The molecule has 0 aliphatic carbocycles. The lowest BCUT2D eigenvalue weighted by molar-refractivity contribution is -0.895. The fraction of sp³-hybridized carbons (Fsp3) is 0.316.